The van der Waals surface area contributed by atoms with Gasteiger partial charge >= 0.3 is 0 Å². The Balaban J connectivity index is 3.14. The van der Waals surface area contributed by atoms with Crippen molar-refractivity contribution in [2.75, 3.05) is 13.3 Å². The maximum Gasteiger partial charge on any atom is 0.245 e. The molecule has 3 heteroatoms. The van der Waals surface area contributed by atoms with E-state index < -0.39 is 0 Å². The molecule has 0 aliphatic carbocycles. The summed E-state index contributed by atoms with van der Waals surface area (Å²) in [7, 11) is 0. The van der Waals surface area contributed by atoms with Crippen LogP contribution in [-0.4, -0.2) is 19.2 Å². The molecule has 0 fully saturated rings. The van der Waals surface area contributed by atoms with Crippen LogP contribution in [0.3, 0.4) is 0 Å². The molecule has 1 N–H and O–H groups in total. The van der Waals surface area contributed by atoms with E-state index in [1.54, 1.807) is 0 Å². The van der Waals surface area contributed by atoms with Gasteiger partial charge in [-0.25, -0.2) is 0 Å². The highest BCUT2D eigenvalue weighted by Crippen LogP contribution is 1.75. The third kappa shape index (κ3) is 6.80. The van der Waals surface area contributed by atoms with E-state index in [2.05, 4.69) is 11.9 Å². The third-order valence-corrected chi connectivity index (χ3v) is 0.984. The zero-order valence-corrected chi connectivity index (χ0v) is 6.67. The second kappa shape index (κ2) is 7.02. The lowest BCUT2D eigenvalue weighted by Crippen LogP contribution is -2.23. The van der Waals surface area contributed by atoms with Crippen molar-refractivity contribution in [1.29, 1.82) is 0 Å². The van der Waals surface area contributed by atoms with Gasteiger partial charge in [0, 0.05) is 0 Å². The normalized spacial score (nSPS) is 9.91. The average molecular weight is 155 g/mol. The molecule has 0 saturated heterocycles. The molecule has 62 valence electrons. The Kier molecular flexibility index (Phi) is 6.33. The first-order valence-corrected chi connectivity index (χ1v) is 3.40. The van der Waals surface area contributed by atoms with Gasteiger partial charge in [-0.2, -0.15) is 0 Å². The zero-order chi connectivity index (χ0) is 8.53. The minimum atomic E-state index is -0.217. The Bertz CT molecular complexity index is 152. The highest BCUT2D eigenvalue weighted by Gasteiger charge is 1.89. The Labute approximate surface area is 66.7 Å². The number of carbonyl (C=O) groups is 1. The van der Waals surface area contributed by atoms with Crippen LogP contribution in [0.25, 0.3) is 0 Å². The summed E-state index contributed by atoms with van der Waals surface area (Å²) in [6, 6.07) is 0. The number of ether oxygens (including phenoxy) is 1. The summed E-state index contributed by atoms with van der Waals surface area (Å²) in [5.41, 5.74) is 0. The van der Waals surface area contributed by atoms with Crippen molar-refractivity contribution in [3.05, 3.63) is 24.8 Å². The molecule has 0 bridgehead atoms. The lowest BCUT2D eigenvalue weighted by atomic mass is 10.5. The van der Waals surface area contributed by atoms with Gasteiger partial charge in [0.1, 0.15) is 6.73 Å². The van der Waals surface area contributed by atoms with E-state index in [9.17, 15) is 4.79 Å². The molecule has 0 radical (unpaired) electrons. The molecule has 0 spiro atoms. The number of hydrogen-bond donors (Lipinski definition) is 1. The number of nitrogens with one attached hydrogen (secondary N) is 1. The number of allylic oxidation sites excluding steroid dienone is 1. The maximum absolute atomic E-state index is 10.5. The van der Waals surface area contributed by atoms with Crippen molar-refractivity contribution in [1.82, 2.24) is 5.32 Å². The summed E-state index contributed by atoms with van der Waals surface area (Å²) in [4.78, 5) is 10.5. The maximum atomic E-state index is 10.5. The van der Waals surface area contributed by atoms with Gasteiger partial charge in [0.25, 0.3) is 0 Å². The molecular weight excluding hydrogens is 142 g/mol. The van der Waals surface area contributed by atoms with Gasteiger partial charge in [-0.15, -0.1) is 0 Å². The largest absolute Gasteiger partial charge is 0.357 e. The fraction of sp³-hybridized carbons (Fsp3) is 0.375. The van der Waals surface area contributed by atoms with E-state index in [0.717, 1.165) is 0 Å². The van der Waals surface area contributed by atoms with Crippen LogP contribution in [0.5, 0.6) is 0 Å². The molecule has 1 amide bonds. The van der Waals surface area contributed by atoms with Gasteiger partial charge in [-0.05, 0) is 13.0 Å². The SMILES string of the molecule is C=CC(=O)NCOCC=CC. The molecule has 0 unspecified atom stereocenters. The van der Waals surface area contributed by atoms with Gasteiger partial charge in [-0.3, -0.25) is 4.79 Å². The summed E-state index contributed by atoms with van der Waals surface area (Å²) in [5, 5.41) is 2.48. The molecule has 0 aromatic heterocycles. The molecule has 0 saturated carbocycles. The molecule has 0 heterocycles. The fourth-order valence-electron chi connectivity index (χ4n) is 0.418. The van der Waals surface area contributed by atoms with Crippen molar-refractivity contribution in [2.24, 2.45) is 0 Å². The van der Waals surface area contributed by atoms with E-state index in [-0.39, 0.29) is 12.6 Å². The number of rotatable bonds is 5. The molecule has 0 aliphatic rings. The number of hydrogen-bond acceptors (Lipinski definition) is 2. The highest BCUT2D eigenvalue weighted by molar-refractivity contribution is 5.86. The first kappa shape index (κ1) is 9.91. The van der Waals surface area contributed by atoms with Crippen molar-refractivity contribution in [3.8, 4) is 0 Å². The smallest absolute Gasteiger partial charge is 0.245 e. The minimum Gasteiger partial charge on any atom is -0.357 e. The quantitative estimate of drug-likeness (QED) is 0.276. The second-order valence-corrected chi connectivity index (χ2v) is 1.83. The molecular formula is C8H13NO2. The van der Waals surface area contributed by atoms with Crippen LogP contribution in [0.1, 0.15) is 6.92 Å². The van der Waals surface area contributed by atoms with Gasteiger partial charge in [0.2, 0.25) is 5.91 Å². The van der Waals surface area contributed by atoms with Crippen molar-refractivity contribution in [3.63, 3.8) is 0 Å². The lowest BCUT2D eigenvalue weighted by Gasteiger charge is -2.00. The third-order valence-electron chi connectivity index (χ3n) is 0.984. The Hall–Kier alpha value is -1.09. The number of amides is 1. The van der Waals surface area contributed by atoms with Crippen LogP contribution in [0, 0.1) is 0 Å². The summed E-state index contributed by atoms with van der Waals surface area (Å²) < 4.78 is 4.98. The first-order chi connectivity index (χ1) is 5.31. The van der Waals surface area contributed by atoms with Crippen LogP contribution >= 0.6 is 0 Å². The average Bonchev–Trinajstić information content (AvgIpc) is 2.04. The van der Waals surface area contributed by atoms with E-state index >= 15 is 0 Å². The summed E-state index contributed by atoms with van der Waals surface area (Å²) in [6.07, 6.45) is 4.95. The molecule has 0 aliphatic heterocycles. The van der Waals surface area contributed by atoms with E-state index in [1.165, 1.54) is 6.08 Å². The molecule has 0 aromatic rings. The van der Waals surface area contributed by atoms with Crippen LogP contribution < -0.4 is 5.32 Å². The summed E-state index contributed by atoms with van der Waals surface area (Å²) >= 11 is 0. The van der Waals surface area contributed by atoms with Crippen molar-refractivity contribution in [2.45, 2.75) is 6.92 Å². The topological polar surface area (TPSA) is 38.3 Å². The fourth-order valence-corrected chi connectivity index (χ4v) is 0.418. The molecule has 11 heavy (non-hydrogen) atoms. The highest BCUT2D eigenvalue weighted by atomic mass is 16.5. The Morgan fingerprint density at radius 2 is 2.45 bits per heavy atom. The molecule has 3 nitrogen and oxygen atoms in total. The molecule has 0 aromatic carbocycles. The van der Waals surface area contributed by atoms with Crippen molar-refractivity contribution < 1.29 is 9.53 Å². The van der Waals surface area contributed by atoms with E-state index in [1.807, 2.05) is 19.1 Å². The monoisotopic (exact) mass is 155 g/mol. The van der Waals surface area contributed by atoms with E-state index in [4.69, 9.17) is 4.74 Å². The standard InChI is InChI=1S/C8H13NO2/c1-3-5-6-11-7-9-8(10)4-2/h3-5H,2,6-7H2,1H3,(H,9,10). The van der Waals surface area contributed by atoms with Crippen LogP contribution in [0.15, 0.2) is 24.8 Å². The first-order valence-electron chi connectivity index (χ1n) is 3.40. The van der Waals surface area contributed by atoms with Crippen LogP contribution in [0.4, 0.5) is 0 Å². The Morgan fingerprint density at radius 1 is 1.73 bits per heavy atom. The second-order valence-electron chi connectivity index (χ2n) is 1.83. The minimum absolute atomic E-state index is 0.217. The van der Waals surface area contributed by atoms with Crippen molar-refractivity contribution >= 4 is 5.91 Å². The van der Waals surface area contributed by atoms with Gasteiger partial charge in [0.05, 0.1) is 6.61 Å². The molecule has 0 atom stereocenters. The van der Waals surface area contributed by atoms with E-state index in [0.29, 0.717) is 6.61 Å². The van der Waals surface area contributed by atoms with Crippen LogP contribution in [-0.2, 0) is 9.53 Å². The lowest BCUT2D eigenvalue weighted by molar-refractivity contribution is -0.118. The molecule has 0 rings (SSSR count). The number of carbonyl (C=O) groups excluding carboxylic acids is 1. The van der Waals surface area contributed by atoms with Gasteiger partial charge in [0.15, 0.2) is 0 Å². The predicted octanol–water partition coefficient (Wildman–Crippen LogP) is 0.839. The van der Waals surface area contributed by atoms with Gasteiger partial charge < -0.3 is 10.1 Å². The summed E-state index contributed by atoms with van der Waals surface area (Å²) in [5.74, 6) is -0.217. The zero-order valence-electron chi connectivity index (χ0n) is 6.67. The Morgan fingerprint density at radius 3 is 3.00 bits per heavy atom. The summed E-state index contributed by atoms with van der Waals surface area (Å²) in [6.45, 7) is 5.96. The predicted molar refractivity (Wildman–Crippen MR) is 44.0 cm³/mol. The van der Waals surface area contributed by atoms with Gasteiger partial charge in [-0.1, -0.05) is 18.7 Å². The van der Waals surface area contributed by atoms with Crippen LogP contribution in [0.2, 0.25) is 0 Å².